The van der Waals surface area contributed by atoms with Crippen LogP contribution in [-0.2, 0) is 18.3 Å². The number of rotatable bonds is 6. The molecule has 0 saturated carbocycles. The maximum atomic E-state index is 5.67. The van der Waals surface area contributed by atoms with E-state index in [0.717, 1.165) is 13.2 Å². The van der Waals surface area contributed by atoms with Crippen molar-refractivity contribution in [1.29, 1.82) is 0 Å². The first kappa shape index (κ1) is 9.61. The molecule has 2 fully saturated rings. The van der Waals surface area contributed by atoms with Gasteiger partial charge in [-0.2, -0.15) is 0 Å². The van der Waals surface area contributed by atoms with E-state index in [4.69, 9.17) is 18.3 Å². The molecule has 2 unspecified atom stereocenters. The summed E-state index contributed by atoms with van der Waals surface area (Å²) in [6.07, 6.45) is 0.653. The third kappa shape index (κ3) is 3.74. The zero-order valence-corrected chi connectivity index (χ0v) is 9.12. The molecule has 2 aliphatic rings. The quantitative estimate of drug-likeness (QED) is 0.467. The van der Waals surface area contributed by atoms with Gasteiger partial charge >= 0.3 is 8.56 Å². The standard InChI is InChI=1S/C8H16O4Si/c1-13(2,11-5-7-3-9-7)12-6-8-4-10-8/h7-8H,3-6H2,1-2H3. The van der Waals surface area contributed by atoms with Crippen molar-refractivity contribution in [2.75, 3.05) is 26.4 Å². The van der Waals surface area contributed by atoms with Crippen LogP contribution < -0.4 is 0 Å². The smallest absolute Gasteiger partial charge is 0.331 e. The highest BCUT2D eigenvalue weighted by Crippen LogP contribution is 2.16. The van der Waals surface area contributed by atoms with Gasteiger partial charge in [-0.25, -0.2) is 0 Å². The van der Waals surface area contributed by atoms with Crippen LogP contribution in [0.1, 0.15) is 0 Å². The van der Waals surface area contributed by atoms with Gasteiger partial charge in [0.25, 0.3) is 0 Å². The van der Waals surface area contributed by atoms with Crippen molar-refractivity contribution in [3.8, 4) is 0 Å². The fourth-order valence-electron chi connectivity index (χ4n) is 0.957. The summed E-state index contributed by atoms with van der Waals surface area (Å²) in [5.41, 5.74) is 0. The molecule has 0 radical (unpaired) electrons. The second-order valence-electron chi connectivity index (χ2n) is 3.93. The predicted molar refractivity (Wildman–Crippen MR) is 48.9 cm³/mol. The van der Waals surface area contributed by atoms with Gasteiger partial charge < -0.3 is 18.3 Å². The normalized spacial score (nSPS) is 31.8. The average molecular weight is 204 g/mol. The van der Waals surface area contributed by atoms with Crippen LogP contribution >= 0.6 is 0 Å². The van der Waals surface area contributed by atoms with Crippen molar-refractivity contribution >= 4 is 8.56 Å². The van der Waals surface area contributed by atoms with Crippen molar-refractivity contribution in [3.63, 3.8) is 0 Å². The molecule has 2 heterocycles. The van der Waals surface area contributed by atoms with Crippen molar-refractivity contribution in [1.82, 2.24) is 0 Å². The Labute approximate surface area is 79.4 Å². The highest BCUT2D eigenvalue weighted by atomic mass is 28.4. The molecule has 2 atom stereocenters. The summed E-state index contributed by atoms with van der Waals surface area (Å²) in [5.74, 6) is 0. The van der Waals surface area contributed by atoms with Gasteiger partial charge in [0.05, 0.1) is 26.4 Å². The Bertz CT molecular complexity index is 159. The third-order valence-corrected chi connectivity index (χ3v) is 3.76. The van der Waals surface area contributed by atoms with Crippen LogP contribution in [0.15, 0.2) is 0 Å². The molecule has 4 nitrogen and oxygen atoms in total. The summed E-state index contributed by atoms with van der Waals surface area (Å²) in [6, 6.07) is 0. The van der Waals surface area contributed by atoms with Crippen LogP contribution in [0, 0.1) is 0 Å². The third-order valence-electron chi connectivity index (χ3n) is 2.04. The first-order valence-corrected chi connectivity index (χ1v) is 7.48. The van der Waals surface area contributed by atoms with Crippen LogP contribution in [0.4, 0.5) is 0 Å². The minimum absolute atomic E-state index is 0.326. The second-order valence-corrected chi connectivity index (χ2v) is 7.31. The van der Waals surface area contributed by atoms with E-state index in [-0.39, 0.29) is 0 Å². The van der Waals surface area contributed by atoms with Gasteiger partial charge in [0.1, 0.15) is 12.2 Å². The SMILES string of the molecule is C[Si](C)(OCC1CO1)OCC1CO1. The maximum absolute atomic E-state index is 5.67. The maximum Gasteiger partial charge on any atom is 0.331 e. The molecule has 0 aromatic rings. The molecule has 0 amide bonds. The Morgan fingerprint density at radius 2 is 1.46 bits per heavy atom. The summed E-state index contributed by atoms with van der Waals surface area (Å²) >= 11 is 0. The van der Waals surface area contributed by atoms with Crippen LogP contribution in [-0.4, -0.2) is 47.2 Å². The van der Waals surface area contributed by atoms with Gasteiger partial charge in [0.2, 0.25) is 0 Å². The van der Waals surface area contributed by atoms with Gasteiger partial charge in [0.15, 0.2) is 0 Å². The fraction of sp³-hybridized carbons (Fsp3) is 1.00. The van der Waals surface area contributed by atoms with Crippen LogP contribution in [0.5, 0.6) is 0 Å². The minimum atomic E-state index is -1.91. The topological polar surface area (TPSA) is 43.5 Å². The van der Waals surface area contributed by atoms with Gasteiger partial charge in [-0.15, -0.1) is 0 Å². The van der Waals surface area contributed by atoms with Crippen molar-refractivity contribution in [2.45, 2.75) is 25.3 Å². The molecular formula is C8H16O4Si. The van der Waals surface area contributed by atoms with Crippen molar-refractivity contribution in [2.24, 2.45) is 0 Å². The predicted octanol–water partition coefficient (Wildman–Crippen LogP) is 0.519. The molecule has 2 rings (SSSR count). The lowest BCUT2D eigenvalue weighted by Crippen LogP contribution is -2.37. The van der Waals surface area contributed by atoms with E-state index in [1.165, 1.54) is 0 Å². The summed E-state index contributed by atoms with van der Waals surface area (Å²) < 4.78 is 21.5. The molecule has 5 heteroatoms. The van der Waals surface area contributed by atoms with Crippen LogP contribution in [0.2, 0.25) is 13.1 Å². The Kier molecular flexibility index (Phi) is 2.71. The molecule has 2 saturated heterocycles. The lowest BCUT2D eigenvalue weighted by Gasteiger charge is -2.21. The average Bonchev–Trinajstić information content (AvgIpc) is 2.92. The van der Waals surface area contributed by atoms with Crippen molar-refractivity contribution < 1.29 is 18.3 Å². The molecule has 0 aliphatic carbocycles. The van der Waals surface area contributed by atoms with E-state index in [0.29, 0.717) is 25.4 Å². The van der Waals surface area contributed by atoms with Gasteiger partial charge in [-0.05, 0) is 13.1 Å². The van der Waals surface area contributed by atoms with E-state index in [1.54, 1.807) is 0 Å². The van der Waals surface area contributed by atoms with Crippen LogP contribution in [0.25, 0.3) is 0 Å². The molecule has 2 aliphatic heterocycles. The zero-order chi connectivity index (χ0) is 9.31. The Hall–Kier alpha value is 0.0569. The molecular weight excluding hydrogens is 188 g/mol. The van der Waals surface area contributed by atoms with E-state index in [2.05, 4.69) is 13.1 Å². The Morgan fingerprint density at radius 1 is 1.08 bits per heavy atom. The molecule has 0 aromatic heterocycles. The summed E-state index contributed by atoms with van der Waals surface area (Å²) in [7, 11) is -1.91. The van der Waals surface area contributed by atoms with Crippen LogP contribution in [0.3, 0.4) is 0 Å². The number of hydrogen-bond donors (Lipinski definition) is 0. The summed E-state index contributed by atoms with van der Waals surface area (Å²) in [4.78, 5) is 0. The molecule has 0 spiro atoms. The zero-order valence-electron chi connectivity index (χ0n) is 8.12. The first-order valence-electron chi connectivity index (χ1n) is 4.67. The highest BCUT2D eigenvalue weighted by Gasteiger charge is 2.33. The number of ether oxygens (including phenoxy) is 2. The molecule has 0 bridgehead atoms. The summed E-state index contributed by atoms with van der Waals surface area (Å²) in [5, 5.41) is 0. The number of hydrogen-bond acceptors (Lipinski definition) is 4. The van der Waals surface area contributed by atoms with Gasteiger partial charge in [-0.3, -0.25) is 0 Å². The van der Waals surface area contributed by atoms with E-state index in [1.807, 2.05) is 0 Å². The Balaban J connectivity index is 1.60. The molecule has 76 valence electrons. The lowest BCUT2D eigenvalue weighted by atomic mass is 10.5. The summed E-state index contributed by atoms with van der Waals surface area (Å²) in [6.45, 7) is 7.16. The van der Waals surface area contributed by atoms with E-state index in [9.17, 15) is 0 Å². The van der Waals surface area contributed by atoms with E-state index >= 15 is 0 Å². The molecule has 13 heavy (non-hydrogen) atoms. The first-order chi connectivity index (χ1) is 6.16. The van der Waals surface area contributed by atoms with E-state index < -0.39 is 8.56 Å². The second kappa shape index (κ2) is 3.66. The highest BCUT2D eigenvalue weighted by molar-refractivity contribution is 6.64. The Morgan fingerprint density at radius 3 is 1.77 bits per heavy atom. The number of epoxide rings is 2. The largest absolute Gasteiger partial charge is 0.392 e. The van der Waals surface area contributed by atoms with Gasteiger partial charge in [0, 0.05) is 0 Å². The molecule has 0 N–H and O–H groups in total. The van der Waals surface area contributed by atoms with Gasteiger partial charge in [-0.1, -0.05) is 0 Å². The monoisotopic (exact) mass is 204 g/mol. The fourth-order valence-corrected chi connectivity index (χ4v) is 2.22. The van der Waals surface area contributed by atoms with Crippen molar-refractivity contribution in [3.05, 3.63) is 0 Å². The lowest BCUT2D eigenvalue weighted by molar-refractivity contribution is 0.153. The molecule has 0 aromatic carbocycles. The minimum Gasteiger partial charge on any atom is -0.392 e.